The van der Waals surface area contributed by atoms with Crippen molar-refractivity contribution in [2.75, 3.05) is 23.3 Å². The van der Waals surface area contributed by atoms with Crippen LogP contribution in [-0.2, 0) is 16.4 Å². The number of aromatic nitrogens is 1. The number of H-pyrrole nitrogens is 1. The number of oxazole rings is 1. The molecule has 0 aliphatic carbocycles. The van der Waals surface area contributed by atoms with E-state index in [9.17, 15) is 18.0 Å². The smallest absolute Gasteiger partial charge is 0.417 e. The predicted octanol–water partition coefficient (Wildman–Crippen LogP) is 3.13. The lowest BCUT2D eigenvalue weighted by molar-refractivity contribution is 0.0989. The second kappa shape index (κ2) is 7.82. The van der Waals surface area contributed by atoms with Gasteiger partial charge >= 0.3 is 5.76 Å². The van der Waals surface area contributed by atoms with Crippen LogP contribution in [0.3, 0.4) is 0 Å². The SMILES string of the molecule is COc1ccc(C(=O)N2CCc3ccc(NS(=O)(=O)c4ccc5[nH]c(=O)oc5c4)cc32)cc1. The van der Waals surface area contributed by atoms with E-state index in [4.69, 9.17) is 9.15 Å². The first-order chi connectivity index (χ1) is 15.8. The van der Waals surface area contributed by atoms with Gasteiger partial charge in [0, 0.05) is 23.9 Å². The fourth-order valence-corrected chi connectivity index (χ4v) is 4.91. The third-order valence-electron chi connectivity index (χ3n) is 5.52. The Bertz CT molecular complexity index is 1540. The number of nitrogens with one attached hydrogen (secondary N) is 2. The molecule has 0 radical (unpaired) electrons. The van der Waals surface area contributed by atoms with Gasteiger partial charge in [0.1, 0.15) is 5.75 Å². The summed E-state index contributed by atoms with van der Waals surface area (Å²) in [4.78, 5) is 28.5. The van der Waals surface area contributed by atoms with E-state index in [1.165, 1.54) is 18.2 Å². The number of methoxy groups -OCH3 is 1. The van der Waals surface area contributed by atoms with Crippen LogP contribution in [0.1, 0.15) is 15.9 Å². The quantitative estimate of drug-likeness (QED) is 0.467. The number of anilines is 2. The number of nitrogens with zero attached hydrogens (tertiary/aromatic N) is 1. The van der Waals surface area contributed by atoms with Crippen molar-refractivity contribution in [2.24, 2.45) is 0 Å². The largest absolute Gasteiger partial charge is 0.497 e. The maximum atomic E-state index is 13.1. The van der Waals surface area contributed by atoms with Crippen molar-refractivity contribution in [1.82, 2.24) is 4.98 Å². The average Bonchev–Trinajstić information content (AvgIpc) is 3.40. The van der Waals surface area contributed by atoms with Crippen LogP contribution in [0.15, 0.2) is 74.8 Å². The monoisotopic (exact) mass is 465 g/mol. The molecule has 0 bridgehead atoms. The minimum atomic E-state index is -3.95. The van der Waals surface area contributed by atoms with Gasteiger partial charge in [-0.2, -0.15) is 0 Å². The molecule has 0 spiro atoms. The fourth-order valence-electron chi connectivity index (χ4n) is 3.85. The lowest BCUT2D eigenvalue weighted by Crippen LogP contribution is -2.28. The molecule has 0 unspecified atom stereocenters. The molecule has 0 fully saturated rings. The summed E-state index contributed by atoms with van der Waals surface area (Å²) in [6.45, 7) is 0.500. The molecule has 168 valence electrons. The minimum Gasteiger partial charge on any atom is -0.497 e. The van der Waals surface area contributed by atoms with Crippen LogP contribution in [-0.4, -0.2) is 33.0 Å². The van der Waals surface area contributed by atoms with E-state index in [1.807, 2.05) is 6.07 Å². The predicted molar refractivity (Wildman–Crippen MR) is 122 cm³/mol. The molecule has 2 heterocycles. The Morgan fingerprint density at radius 1 is 1.09 bits per heavy atom. The van der Waals surface area contributed by atoms with Crippen molar-refractivity contribution in [1.29, 1.82) is 0 Å². The molecule has 9 nitrogen and oxygen atoms in total. The van der Waals surface area contributed by atoms with E-state index in [0.29, 0.717) is 41.2 Å². The van der Waals surface area contributed by atoms with Gasteiger partial charge in [0.15, 0.2) is 5.58 Å². The van der Waals surface area contributed by atoms with E-state index in [-0.39, 0.29) is 16.4 Å². The number of ether oxygens (including phenoxy) is 1. The summed E-state index contributed by atoms with van der Waals surface area (Å²) in [5, 5.41) is 0. The second-order valence-corrected chi connectivity index (χ2v) is 9.24. The van der Waals surface area contributed by atoms with Gasteiger partial charge in [0.25, 0.3) is 15.9 Å². The second-order valence-electron chi connectivity index (χ2n) is 7.56. The normalized spacial score (nSPS) is 13.2. The molecule has 4 aromatic rings. The summed E-state index contributed by atoms with van der Waals surface area (Å²) in [7, 11) is -2.40. The first-order valence-electron chi connectivity index (χ1n) is 10.1. The molecule has 1 aliphatic heterocycles. The zero-order valence-electron chi connectivity index (χ0n) is 17.5. The number of rotatable bonds is 5. The van der Waals surface area contributed by atoms with E-state index < -0.39 is 15.8 Å². The van der Waals surface area contributed by atoms with Gasteiger partial charge in [0.2, 0.25) is 0 Å². The third-order valence-corrected chi connectivity index (χ3v) is 6.90. The van der Waals surface area contributed by atoms with Gasteiger partial charge in [-0.05, 0) is 60.5 Å². The van der Waals surface area contributed by atoms with Gasteiger partial charge in [0.05, 0.1) is 23.2 Å². The zero-order chi connectivity index (χ0) is 23.2. The highest BCUT2D eigenvalue weighted by Gasteiger charge is 2.27. The summed E-state index contributed by atoms with van der Waals surface area (Å²) >= 11 is 0. The average molecular weight is 465 g/mol. The van der Waals surface area contributed by atoms with Crippen LogP contribution in [0, 0.1) is 0 Å². The van der Waals surface area contributed by atoms with Crippen LogP contribution in [0.4, 0.5) is 11.4 Å². The van der Waals surface area contributed by atoms with Gasteiger partial charge < -0.3 is 14.1 Å². The molecular weight excluding hydrogens is 446 g/mol. The summed E-state index contributed by atoms with van der Waals surface area (Å²) in [6, 6.07) is 16.1. The molecular formula is C23H19N3O6S. The number of fused-ring (bicyclic) bond motifs is 2. The summed E-state index contributed by atoms with van der Waals surface area (Å²) in [5.74, 6) is -0.181. The van der Waals surface area contributed by atoms with E-state index in [2.05, 4.69) is 9.71 Å². The van der Waals surface area contributed by atoms with Crippen molar-refractivity contribution in [2.45, 2.75) is 11.3 Å². The number of benzene rings is 3. The van der Waals surface area contributed by atoms with Crippen molar-refractivity contribution < 1.29 is 22.4 Å². The first-order valence-corrected chi connectivity index (χ1v) is 11.6. The maximum absolute atomic E-state index is 13.1. The number of aromatic amines is 1. The Hall–Kier alpha value is -4.05. The van der Waals surface area contributed by atoms with Crippen molar-refractivity contribution >= 4 is 38.4 Å². The molecule has 1 aromatic heterocycles. The Kier molecular flexibility index (Phi) is 4.94. The summed E-state index contributed by atoms with van der Waals surface area (Å²) in [6.07, 6.45) is 0.674. The zero-order valence-corrected chi connectivity index (χ0v) is 18.3. The van der Waals surface area contributed by atoms with Crippen LogP contribution < -0.4 is 20.1 Å². The number of hydrogen-bond donors (Lipinski definition) is 2. The number of carbonyl (C=O) groups excluding carboxylic acids is 1. The van der Waals surface area contributed by atoms with Crippen molar-refractivity contribution in [3.05, 3.63) is 82.3 Å². The third kappa shape index (κ3) is 3.85. The summed E-state index contributed by atoms with van der Waals surface area (Å²) in [5.41, 5.74) is 2.99. The lowest BCUT2D eigenvalue weighted by Gasteiger charge is -2.18. The molecule has 2 N–H and O–H groups in total. The molecule has 0 atom stereocenters. The van der Waals surface area contributed by atoms with Gasteiger partial charge in [-0.1, -0.05) is 6.07 Å². The Balaban J connectivity index is 1.42. The fraction of sp³-hybridized carbons (Fsp3) is 0.130. The van der Waals surface area contributed by atoms with Gasteiger partial charge in [-0.15, -0.1) is 0 Å². The van der Waals surface area contributed by atoms with Crippen molar-refractivity contribution in [3.8, 4) is 5.75 Å². The van der Waals surface area contributed by atoms with Crippen LogP contribution in [0.2, 0.25) is 0 Å². The minimum absolute atomic E-state index is 0.0515. The number of carbonyl (C=O) groups is 1. The molecule has 1 aliphatic rings. The maximum Gasteiger partial charge on any atom is 0.417 e. The Morgan fingerprint density at radius 3 is 2.64 bits per heavy atom. The van der Waals surface area contributed by atoms with Crippen molar-refractivity contribution in [3.63, 3.8) is 0 Å². The number of amides is 1. The van der Waals surface area contributed by atoms with E-state index in [0.717, 1.165) is 5.56 Å². The number of sulfonamides is 1. The molecule has 10 heteroatoms. The Morgan fingerprint density at radius 2 is 1.88 bits per heavy atom. The highest BCUT2D eigenvalue weighted by atomic mass is 32.2. The highest BCUT2D eigenvalue weighted by Crippen LogP contribution is 2.33. The first kappa shape index (κ1) is 20.8. The molecule has 3 aromatic carbocycles. The molecule has 0 saturated heterocycles. The van der Waals surface area contributed by atoms with E-state index >= 15 is 0 Å². The van der Waals surface area contributed by atoms with E-state index in [1.54, 1.807) is 48.4 Å². The molecule has 5 rings (SSSR count). The number of hydrogen-bond acceptors (Lipinski definition) is 6. The van der Waals surface area contributed by atoms with Gasteiger partial charge in [-0.25, -0.2) is 13.2 Å². The molecule has 33 heavy (non-hydrogen) atoms. The standard InChI is InChI=1S/C23H19N3O6S/c1-31-17-6-3-15(4-7-17)22(27)26-11-10-14-2-5-16(12-20(14)26)25-33(29,30)18-8-9-19-21(13-18)32-23(28)24-19/h2-9,12-13,25H,10-11H2,1H3,(H,24,28). The summed E-state index contributed by atoms with van der Waals surface area (Å²) < 4.78 is 38.5. The molecule has 0 saturated carbocycles. The van der Waals surface area contributed by atoms with Crippen LogP contribution >= 0.6 is 0 Å². The lowest BCUT2D eigenvalue weighted by atomic mass is 10.1. The van der Waals surface area contributed by atoms with Gasteiger partial charge in [-0.3, -0.25) is 14.5 Å². The highest BCUT2D eigenvalue weighted by molar-refractivity contribution is 7.92. The van der Waals surface area contributed by atoms with Crippen LogP contribution in [0.5, 0.6) is 5.75 Å². The topological polar surface area (TPSA) is 122 Å². The molecule has 1 amide bonds. The Labute approximate surface area is 188 Å². The van der Waals surface area contributed by atoms with Crippen LogP contribution in [0.25, 0.3) is 11.1 Å².